The normalized spacial score (nSPS) is 12.6. The van der Waals surface area contributed by atoms with Crippen LogP contribution in [0, 0.1) is 0 Å². The first kappa shape index (κ1) is 22.8. The molecule has 0 heterocycles. The lowest BCUT2D eigenvalue weighted by atomic mass is 10.1. The Bertz CT molecular complexity index is 1040. The highest BCUT2D eigenvalue weighted by atomic mass is 35.5. The van der Waals surface area contributed by atoms with Crippen molar-refractivity contribution < 1.29 is 8.95 Å². The van der Waals surface area contributed by atoms with Crippen LogP contribution in [0.25, 0.3) is 0 Å². The lowest BCUT2D eigenvalue weighted by Crippen LogP contribution is -2.32. The highest BCUT2D eigenvalue weighted by molar-refractivity contribution is 7.82. The van der Waals surface area contributed by atoms with Crippen molar-refractivity contribution in [3.8, 4) is 5.75 Å². The van der Waals surface area contributed by atoms with Crippen molar-refractivity contribution in [1.82, 2.24) is 9.73 Å². The Hall–Kier alpha value is -2.91. The van der Waals surface area contributed by atoms with Crippen LogP contribution in [0.2, 0.25) is 5.02 Å². The number of amidine groups is 1. The first-order valence-corrected chi connectivity index (χ1v) is 10.9. The van der Waals surface area contributed by atoms with E-state index in [9.17, 15) is 4.21 Å². The molecule has 0 saturated heterocycles. The third kappa shape index (κ3) is 6.05. The molecule has 1 unspecified atom stereocenters. The van der Waals surface area contributed by atoms with Gasteiger partial charge in [0.15, 0.2) is 5.84 Å². The molecule has 162 valence electrons. The predicted octanol–water partition coefficient (Wildman–Crippen LogP) is 3.16. The first-order valence-electron chi connectivity index (χ1n) is 9.43. The summed E-state index contributed by atoms with van der Waals surface area (Å²) in [5.74, 6) is 11.9. The molecular weight excluding hydrogens is 434 g/mol. The molecule has 5 N–H and O–H groups in total. The van der Waals surface area contributed by atoms with E-state index in [1.807, 2.05) is 52.8 Å². The number of hydrogen-bond donors (Lipinski definition) is 3. The fourth-order valence-corrected chi connectivity index (χ4v) is 4.30. The number of nitrogens with two attached hydrogens (primary N) is 2. The zero-order chi connectivity index (χ0) is 22.2. The molecular formula is C22H24ClN5O2S. The third-order valence-corrected chi connectivity index (χ3v) is 6.27. The van der Waals surface area contributed by atoms with Crippen LogP contribution in [0.3, 0.4) is 0 Å². The van der Waals surface area contributed by atoms with Crippen LogP contribution < -0.4 is 21.8 Å². The molecule has 0 aliphatic carbocycles. The van der Waals surface area contributed by atoms with Gasteiger partial charge in [-0.2, -0.15) is 5.10 Å². The fraction of sp³-hybridized carbons (Fsp3) is 0.136. The van der Waals surface area contributed by atoms with Gasteiger partial charge in [0.2, 0.25) is 0 Å². The second kappa shape index (κ2) is 10.9. The van der Waals surface area contributed by atoms with Gasteiger partial charge in [-0.05, 0) is 47.5 Å². The molecule has 3 aromatic rings. The number of rotatable bonds is 8. The average Bonchev–Trinajstić information content (AvgIpc) is 2.81. The van der Waals surface area contributed by atoms with Crippen LogP contribution in [0.5, 0.6) is 5.75 Å². The van der Waals surface area contributed by atoms with E-state index in [0.29, 0.717) is 28.8 Å². The van der Waals surface area contributed by atoms with E-state index >= 15 is 0 Å². The standard InChI is InChI=1S/C22H24ClN5O2S/c1-30-20-10-4-17(5-11-20)15-28(31(29)21-12-8-19(23)9-13-21)14-16-2-6-18(7-3-16)22(26-24)27-25/h2-13H,14-15,24-25H2,1H3,(H,26,27). The van der Waals surface area contributed by atoms with Crippen LogP contribution in [0.15, 0.2) is 82.8 Å². The van der Waals surface area contributed by atoms with Gasteiger partial charge in [0.25, 0.3) is 0 Å². The van der Waals surface area contributed by atoms with Crippen molar-refractivity contribution in [1.29, 1.82) is 0 Å². The SMILES string of the molecule is COc1ccc(CN(Cc2ccc(/C(=N/N)NN)cc2)S(=O)c2ccc(Cl)cc2)cc1. The monoisotopic (exact) mass is 457 g/mol. The highest BCUT2D eigenvalue weighted by Crippen LogP contribution is 2.21. The predicted molar refractivity (Wildman–Crippen MR) is 125 cm³/mol. The molecule has 7 nitrogen and oxygen atoms in total. The second-order valence-electron chi connectivity index (χ2n) is 6.67. The lowest BCUT2D eigenvalue weighted by Gasteiger charge is -2.22. The lowest BCUT2D eigenvalue weighted by molar-refractivity contribution is 0.413. The number of nitrogens with zero attached hydrogens (tertiary/aromatic N) is 2. The van der Waals surface area contributed by atoms with E-state index in [1.165, 1.54) is 0 Å². The zero-order valence-corrected chi connectivity index (χ0v) is 18.6. The van der Waals surface area contributed by atoms with Gasteiger partial charge in [0.05, 0.1) is 12.0 Å². The molecule has 0 aliphatic rings. The summed E-state index contributed by atoms with van der Waals surface area (Å²) in [4.78, 5) is 0.680. The summed E-state index contributed by atoms with van der Waals surface area (Å²) < 4.78 is 20.5. The molecule has 0 aliphatic heterocycles. The van der Waals surface area contributed by atoms with E-state index in [1.54, 1.807) is 31.4 Å². The molecule has 0 spiro atoms. The van der Waals surface area contributed by atoms with Gasteiger partial charge in [0.1, 0.15) is 16.7 Å². The minimum absolute atomic E-state index is 0.381. The summed E-state index contributed by atoms with van der Waals surface area (Å²) >= 11 is 5.99. The Morgan fingerprint density at radius 2 is 1.55 bits per heavy atom. The Morgan fingerprint density at radius 3 is 2.03 bits per heavy atom. The Labute approximate surface area is 189 Å². The summed E-state index contributed by atoms with van der Waals surface area (Å²) in [5, 5.41) is 4.21. The number of ether oxygens (including phenoxy) is 1. The van der Waals surface area contributed by atoms with Gasteiger partial charge in [-0.25, -0.2) is 14.4 Å². The minimum Gasteiger partial charge on any atom is -0.497 e. The number of hydrogen-bond acceptors (Lipinski definition) is 5. The van der Waals surface area contributed by atoms with E-state index in [0.717, 1.165) is 22.4 Å². The summed E-state index contributed by atoms with van der Waals surface area (Å²) in [6, 6.07) is 22.3. The molecule has 3 aromatic carbocycles. The molecule has 0 saturated carbocycles. The molecule has 31 heavy (non-hydrogen) atoms. The molecule has 0 bridgehead atoms. The number of benzene rings is 3. The number of nitrogens with one attached hydrogen (secondary N) is 1. The zero-order valence-electron chi connectivity index (χ0n) is 17.0. The van der Waals surface area contributed by atoms with Gasteiger partial charge in [0, 0.05) is 23.7 Å². The van der Waals surface area contributed by atoms with E-state index in [2.05, 4.69) is 10.5 Å². The van der Waals surface area contributed by atoms with Crippen LogP contribution in [-0.4, -0.2) is 21.5 Å². The number of hydrazine groups is 1. The molecule has 0 aromatic heterocycles. The summed E-state index contributed by atoms with van der Waals surface area (Å²) in [5.41, 5.74) is 5.22. The highest BCUT2D eigenvalue weighted by Gasteiger charge is 2.17. The maximum Gasteiger partial charge on any atom is 0.166 e. The molecule has 0 fully saturated rings. The molecule has 1 atom stereocenters. The van der Waals surface area contributed by atoms with Crippen molar-refractivity contribution in [2.45, 2.75) is 18.0 Å². The van der Waals surface area contributed by atoms with Crippen LogP contribution >= 0.6 is 11.6 Å². The van der Waals surface area contributed by atoms with E-state index < -0.39 is 11.0 Å². The quantitative estimate of drug-likeness (QED) is 0.208. The largest absolute Gasteiger partial charge is 0.497 e. The summed E-state index contributed by atoms with van der Waals surface area (Å²) in [6.07, 6.45) is 0. The van der Waals surface area contributed by atoms with Crippen molar-refractivity contribution in [2.24, 2.45) is 16.8 Å². The number of methoxy groups -OCH3 is 1. The molecule has 0 radical (unpaired) electrons. The average molecular weight is 458 g/mol. The molecule has 0 amide bonds. The maximum absolute atomic E-state index is 13.4. The van der Waals surface area contributed by atoms with Crippen molar-refractivity contribution in [2.75, 3.05) is 7.11 Å². The van der Waals surface area contributed by atoms with Crippen molar-refractivity contribution in [3.63, 3.8) is 0 Å². The maximum atomic E-state index is 13.4. The third-order valence-electron chi connectivity index (χ3n) is 4.62. The Morgan fingerprint density at radius 1 is 1.00 bits per heavy atom. The fourth-order valence-electron chi connectivity index (χ4n) is 2.97. The van der Waals surface area contributed by atoms with Gasteiger partial charge in [-0.15, -0.1) is 0 Å². The Balaban J connectivity index is 1.85. The second-order valence-corrected chi connectivity index (χ2v) is 8.59. The van der Waals surface area contributed by atoms with Crippen LogP contribution in [0.4, 0.5) is 0 Å². The number of hydrazone groups is 1. The molecule has 3 rings (SSSR count). The van der Waals surface area contributed by atoms with Gasteiger partial charge < -0.3 is 16.0 Å². The van der Waals surface area contributed by atoms with Crippen LogP contribution in [-0.2, 0) is 24.1 Å². The summed E-state index contributed by atoms with van der Waals surface area (Å²) in [7, 11) is 0.239. The topological polar surface area (TPSA) is 106 Å². The van der Waals surface area contributed by atoms with Crippen molar-refractivity contribution >= 4 is 28.4 Å². The minimum atomic E-state index is -1.39. The van der Waals surface area contributed by atoms with Gasteiger partial charge in [-0.1, -0.05) is 48.0 Å². The van der Waals surface area contributed by atoms with E-state index in [-0.39, 0.29) is 0 Å². The smallest absolute Gasteiger partial charge is 0.166 e. The number of halogens is 1. The van der Waals surface area contributed by atoms with Gasteiger partial charge >= 0.3 is 0 Å². The Kier molecular flexibility index (Phi) is 8.02. The first-order chi connectivity index (χ1) is 15.0. The van der Waals surface area contributed by atoms with Crippen molar-refractivity contribution in [3.05, 3.63) is 94.5 Å². The summed E-state index contributed by atoms with van der Waals surface area (Å²) in [6.45, 7) is 0.952. The van der Waals surface area contributed by atoms with Crippen LogP contribution in [0.1, 0.15) is 16.7 Å². The molecule has 9 heteroatoms. The van der Waals surface area contributed by atoms with E-state index in [4.69, 9.17) is 28.0 Å². The van der Waals surface area contributed by atoms with Gasteiger partial charge in [-0.3, -0.25) is 0 Å².